The molecule has 8 heteroatoms. The van der Waals surface area contributed by atoms with Gasteiger partial charge in [-0.3, -0.25) is 14.6 Å². The third-order valence-electron chi connectivity index (χ3n) is 4.41. The number of carbonyl (C=O) groups excluding carboxylic acids is 1. The summed E-state index contributed by atoms with van der Waals surface area (Å²) in [5, 5.41) is 0.0378. The minimum absolute atomic E-state index is 0.0378. The predicted octanol–water partition coefficient (Wildman–Crippen LogP) is 1.77. The van der Waals surface area contributed by atoms with Crippen LogP contribution in [0.1, 0.15) is 23.7 Å². The third-order valence-corrected chi connectivity index (χ3v) is 5.72. The fourth-order valence-electron chi connectivity index (χ4n) is 3.00. The molecule has 1 saturated heterocycles. The largest absolute Gasteiger partial charge is 0.342 e. The lowest BCUT2D eigenvalue weighted by atomic mass is 10.1. The van der Waals surface area contributed by atoms with Gasteiger partial charge in [0, 0.05) is 54.9 Å². The number of halogens is 1. The topological polar surface area (TPSA) is 75.2 Å². The Labute approximate surface area is 154 Å². The zero-order valence-electron chi connectivity index (χ0n) is 14.2. The van der Waals surface area contributed by atoms with Gasteiger partial charge in [-0.1, -0.05) is 18.2 Å². The summed E-state index contributed by atoms with van der Waals surface area (Å²) in [5.74, 6) is 0.490. The molecule has 0 spiro atoms. The molecule has 1 aliphatic heterocycles. The summed E-state index contributed by atoms with van der Waals surface area (Å²) in [4.78, 5) is 39.1. The number of rotatable bonds is 4. The molecule has 2 aromatic rings. The van der Waals surface area contributed by atoms with Crippen LogP contribution < -0.4 is 11.2 Å². The number of thioether (sulfide) groups is 1. The minimum Gasteiger partial charge on any atom is -0.342 e. The van der Waals surface area contributed by atoms with Gasteiger partial charge in [0.1, 0.15) is 5.82 Å². The van der Waals surface area contributed by atoms with E-state index < -0.39 is 11.2 Å². The molecule has 1 unspecified atom stereocenters. The lowest BCUT2D eigenvalue weighted by molar-refractivity contribution is -0.131. The van der Waals surface area contributed by atoms with Crippen molar-refractivity contribution < 1.29 is 9.18 Å². The molecule has 0 saturated carbocycles. The summed E-state index contributed by atoms with van der Waals surface area (Å²) >= 11 is 1.66. The number of benzene rings is 1. The number of carbonyl (C=O) groups is 1. The van der Waals surface area contributed by atoms with E-state index in [-0.39, 0.29) is 29.9 Å². The minimum atomic E-state index is -0.517. The Morgan fingerprint density at radius 2 is 2.04 bits per heavy atom. The van der Waals surface area contributed by atoms with Crippen molar-refractivity contribution in [2.24, 2.45) is 0 Å². The van der Waals surface area contributed by atoms with Crippen LogP contribution in [0.25, 0.3) is 0 Å². The SMILES string of the molecule is O=C(CCn1ccc(=O)[nH]c1=O)N1CCSC(c2ccccc2F)CC1. The zero-order valence-corrected chi connectivity index (χ0v) is 15.0. The number of nitrogens with zero attached hydrogens (tertiary/aromatic N) is 2. The maximum atomic E-state index is 14.0. The summed E-state index contributed by atoms with van der Waals surface area (Å²) in [6.45, 7) is 1.38. The van der Waals surface area contributed by atoms with Crippen LogP contribution in [0.4, 0.5) is 4.39 Å². The van der Waals surface area contributed by atoms with E-state index >= 15 is 0 Å². The number of aromatic nitrogens is 2. The summed E-state index contributed by atoms with van der Waals surface area (Å²) in [7, 11) is 0. The maximum Gasteiger partial charge on any atom is 0.328 e. The van der Waals surface area contributed by atoms with Gasteiger partial charge in [0.25, 0.3) is 5.56 Å². The van der Waals surface area contributed by atoms with Crippen molar-refractivity contribution in [3.8, 4) is 0 Å². The molecule has 0 bridgehead atoms. The Kier molecular flexibility index (Phi) is 5.92. The van der Waals surface area contributed by atoms with Crippen molar-refractivity contribution in [1.82, 2.24) is 14.5 Å². The first-order valence-corrected chi connectivity index (χ1v) is 9.53. The third kappa shape index (κ3) is 4.43. The Bertz CT molecular complexity index is 895. The summed E-state index contributed by atoms with van der Waals surface area (Å²) in [6.07, 6.45) is 2.26. The number of hydrogen-bond donors (Lipinski definition) is 1. The van der Waals surface area contributed by atoms with Gasteiger partial charge in [0.15, 0.2) is 0 Å². The summed E-state index contributed by atoms with van der Waals surface area (Å²) in [5.41, 5.74) is -0.288. The zero-order chi connectivity index (χ0) is 18.5. The fraction of sp³-hybridized carbons (Fsp3) is 0.389. The number of hydrogen-bond acceptors (Lipinski definition) is 4. The highest BCUT2D eigenvalue weighted by atomic mass is 32.2. The van der Waals surface area contributed by atoms with Crippen molar-refractivity contribution in [3.05, 3.63) is 68.7 Å². The highest BCUT2D eigenvalue weighted by molar-refractivity contribution is 7.99. The number of amides is 1. The van der Waals surface area contributed by atoms with Crippen molar-refractivity contribution in [1.29, 1.82) is 0 Å². The van der Waals surface area contributed by atoms with E-state index in [1.54, 1.807) is 28.8 Å². The van der Waals surface area contributed by atoms with Crippen LogP contribution in [0.5, 0.6) is 0 Å². The normalized spacial score (nSPS) is 17.7. The average Bonchev–Trinajstić information content (AvgIpc) is 2.87. The Morgan fingerprint density at radius 1 is 1.23 bits per heavy atom. The quantitative estimate of drug-likeness (QED) is 0.881. The second-order valence-electron chi connectivity index (χ2n) is 6.10. The molecular weight excluding hydrogens is 357 g/mol. The van der Waals surface area contributed by atoms with Gasteiger partial charge < -0.3 is 9.47 Å². The molecule has 0 aliphatic carbocycles. The smallest absolute Gasteiger partial charge is 0.328 e. The lowest BCUT2D eigenvalue weighted by Gasteiger charge is -2.20. The molecule has 1 N–H and O–H groups in total. The number of aryl methyl sites for hydroxylation is 1. The van der Waals surface area contributed by atoms with Gasteiger partial charge in [0.2, 0.25) is 5.91 Å². The molecule has 1 amide bonds. The van der Waals surface area contributed by atoms with Gasteiger partial charge in [-0.25, -0.2) is 9.18 Å². The number of nitrogens with one attached hydrogen (secondary N) is 1. The van der Waals surface area contributed by atoms with Crippen molar-refractivity contribution in [2.75, 3.05) is 18.8 Å². The summed E-state index contributed by atoms with van der Waals surface area (Å²) in [6, 6.07) is 8.02. The van der Waals surface area contributed by atoms with E-state index in [0.717, 1.165) is 5.75 Å². The molecule has 1 atom stereocenters. The number of aromatic amines is 1. The standard InChI is InChI=1S/C18H20FN3O3S/c19-14-4-2-1-3-13(14)15-5-8-21(11-12-26-15)17(24)7-10-22-9-6-16(23)20-18(22)25/h1-4,6,9,15H,5,7-8,10-12H2,(H,20,23,25). The first kappa shape index (κ1) is 18.4. The highest BCUT2D eigenvalue weighted by Crippen LogP contribution is 2.35. The molecule has 138 valence electrons. The fourth-order valence-corrected chi connectivity index (χ4v) is 4.25. The van der Waals surface area contributed by atoms with Crippen LogP contribution in [0.2, 0.25) is 0 Å². The monoisotopic (exact) mass is 377 g/mol. The van der Waals surface area contributed by atoms with Crippen LogP contribution in [0.3, 0.4) is 0 Å². The van der Waals surface area contributed by atoms with E-state index in [2.05, 4.69) is 4.98 Å². The predicted molar refractivity (Wildman–Crippen MR) is 98.7 cm³/mol. The molecule has 0 radical (unpaired) electrons. The molecule has 1 aliphatic rings. The lowest BCUT2D eigenvalue weighted by Crippen LogP contribution is -2.35. The van der Waals surface area contributed by atoms with Crippen molar-refractivity contribution >= 4 is 17.7 Å². The second-order valence-corrected chi connectivity index (χ2v) is 7.41. The molecular formula is C18H20FN3O3S. The van der Waals surface area contributed by atoms with E-state index in [1.165, 1.54) is 22.9 Å². The Morgan fingerprint density at radius 3 is 2.81 bits per heavy atom. The molecule has 6 nitrogen and oxygen atoms in total. The van der Waals surface area contributed by atoms with Gasteiger partial charge in [0.05, 0.1) is 0 Å². The summed E-state index contributed by atoms with van der Waals surface area (Å²) < 4.78 is 15.3. The van der Waals surface area contributed by atoms with Gasteiger partial charge in [-0.2, -0.15) is 11.8 Å². The van der Waals surface area contributed by atoms with Gasteiger partial charge in [-0.05, 0) is 12.5 Å². The molecule has 3 rings (SSSR count). The van der Waals surface area contributed by atoms with E-state index in [0.29, 0.717) is 25.1 Å². The molecule has 1 aromatic heterocycles. The molecule has 26 heavy (non-hydrogen) atoms. The van der Waals surface area contributed by atoms with E-state index in [9.17, 15) is 18.8 Å². The first-order valence-electron chi connectivity index (χ1n) is 8.48. The Hall–Kier alpha value is -2.35. The highest BCUT2D eigenvalue weighted by Gasteiger charge is 2.23. The van der Waals surface area contributed by atoms with Crippen LogP contribution in [-0.2, 0) is 11.3 Å². The molecule has 2 heterocycles. The Balaban J connectivity index is 1.58. The molecule has 1 aromatic carbocycles. The molecule has 1 fully saturated rings. The number of H-pyrrole nitrogens is 1. The van der Waals surface area contributed by atoms with Gasteiger partial charge in [-0.15, -0.1) is 0 Å². The van der Waals surface area contributed by atoms with Crippen molar-refractivity contribution in [3.63, 3.8) is 0 Å². The van der Waals surface area contributed by atoms with Crippen molar-refractivity contribution in [2.45, 2.75) is 24.6 Å². The van der Waals surface area contributed by atoms with Gasteiger partial charge >= 0.3 is 5.69 Å². The maximum absolute atomic E-state index is 14.0. The van der Waals surface area contributed by atoms with Crippen LogP contribution in [-0.4, -0.2) is 39.2 Å². The second kappa shape index (κ2) is 8.35. The van der Waals surface area contributed by atoms with Crippen LogP contribution in [0.15, 0.2) is 46.1 Å². The van der Waals surface area contributed by atoms with Crippen LogP contribution >= 0.6 is 11.8 Å². The van der Waals surface area contributed by atoms with E-state index in [1.807, 2.05) is 6.07 Å². The average molecular weight is 377 g/mol. The van der Waals surface area contributed by atoms with Crippen LogP contribution in [0, 0.1) is 5.82 Å². The first-order chi connectivity index (χ1) is 12.5. The van der Waals surface area contributed by atoms with E-state index in [4.69, 9.17) is 0 Å².